The van der Waals surface area contributed by atoms with E-state index in [4.69, 9.17) is 22.2 Å². The fourth-order valence-corrected chi connectivity index (χ4v) is 2.99. The predicted octanol–water partition coefficient (Wildman–Crippen LogP) is 2.92. The van der Waals surface area contributed by atoms with Crippen LogP contribution in [0.1, 0.15) is 31.7 Å². The zero-order valence-electron chi connectivity index (χ0n) is 11.4. The van der Waals surface area contributed by atoms with Gasteiger partial charge in [0.15, 0.2) is 0 Å². The molecule has 0 aromatic heterocycles. The average Bonchev–Trinajstić information content (AvgIpc) is 2.37. The van der Waals surface area contributed by atoms with Crippen molar-refractivity contribution in [1.29, 1.82) is 0 Å². The van der Waals surface area contributed by atoms with Crippen molar-refractivity contribution in [2.45, 2.75) is 44.8 Å². The van der Waals surface area contributed by atoms with Gasteiger partial charge in [-0.1, -0.05) is 29.8 Å². The summed E-state index contributed by atoms with van der Waals surface area (Å²) in [5, 5.41) is 0.823. The number of rotatable bonds is 7. The maximum Gasteiger partial charge on any atom is 0.0580 e. The van der Waals surface area contributed by atoms with Gasteiger partial charge in [-0.2, -0.15) is 0 Å². The van der Waals surface area contributed by atoms with E-state index in [1.807, 2.05) is 18.2 Å². The van der Waals surface area contributed by atoms with Gasteiger partial charge in [-0.3, -0.25) is 11.3 Å². The summed E-state index contributed by atoms with van der Waals surface area (Å²) in [6, 6.07) is 8.25. The van der Waals surface area contributed by atoms with Crippen molar-refractivity contribution in [2.24, 2.45) is 11.8 Å². The molecule has 1 aliphatic rings. The molecule has 0 spiro atoms. The van der Waals surface area contributed by atoms with E-state index < -0.39 is 0 Å². The molecule has 19 heavy (non-hydrogen) atoms. The minimum Gasteiger partial charge on any atom is -0.378 e. The quantitative estimate of drug-likeness (QED) is 0.597. The zero-order valence-corrected chi connectivity index (χ0v) is 12.2. The minimum absolute atomic E-state index is 0.285. The molecule has 106 valence electrons. The first-order valence-electron chi connectivity index (χ1n) is 7.04. The van der Waals surface area contributed by atoms with E-state index in [2.05, 4.69) is 18.4 Å². The maximum atomic E-state index is 6.19. The van der Waals surface area contributed by atoms with E-state index in [0.29, 0.717) is 6.10 Å². The number of hydrazine groups is 1. The second-order valence-electron chi connectivity index (χ2n) is 5.31. The molecule has 1 saturated carbocycles. The first kappa shape index (κ1) is 14.8. The van der Waals surface area contributed by atoms with Crippen LogP contribution in [0.15, 0.2) is 24.3 Å². The van der Waals surface area contributed by atoms with Crippen LogP contribution in [0.3, 0.4) is 0 Å². The topological polar surface area (TPSA) is 47.3 Å². The fourth-order valence-electron chi connectivity index (χ4n) is 2.78. The van der Waals surface area contributed by atoms with Crippen molar-refractivity contribution < 1.29 is 4.74 Å². The Morgan fingerprint density at radius 2 is 2.16 bits per heavy atom. The number of hydrogen-bond acceptors (Lipinski definition) is 3. The number of nitrogens with one attached hydrogen (secondary N) is 1. The Morgan fingerprint density at radius 3 is 2.79 bits per heavy atom. The molecule has 1 aromatic rings. The number of ether oxygens (including phenoxy) is 1. The summed E-state index contributed by atoms with van der Waals surface area (Å²) in [6.07, 6.45) is 4.76. The minimum atomic E-state index is 0.285. The van der Waals surface area contributed by atoms with Crippen molar-refractivity contribution >= 4 is 11.6 Å². The molecule has 1 aliphatic carbocycles. The molecule has 0 heterocycles. The Labute approximate surface area is 120 Å². The number of hydrogen-bond donors (Lipinski definition) is 2. The average molecular weight is 283 g/mol. The van der Waals surface area contributed by atoms with Crippen LogP contribution in [0.5, 0.6) is 0 Å². The second-order valence-corrected chi connectivity index (χ2v) is 5.72. The summed E-state index contributed by atoms with van der Waals surface area (Å²) < 4.78 is 5.59. The molecule has 3 N–H and O–H groups in total. The van der Waals surface area contributed by atoms with E-state index in [0.717, 1.165) is 48.8 Å². The molecule has 4 heteroatoms. The van der Waals surface area contributed by atoms with Gasteiger partial charge >= 0.3 is 0 Å². The van der Waals surface area contributed by atoms with Gasteiger partial charge in [-0.25, -0.2) is 0 Å². The molecular formula is C15H23ClN2O. The van der Waals surface area contributed by atoms with Gasteiger partial charge in [0.1, 0.15) is 0 Å². The van der Waals surface area contributed by atoms with Crippen LogP contribution in [0.4, 0.5) is 0 Å². The van der Waals surface area contributed by atoms with Gasteiger partial charge in [-0.15, -0.1) is 0 Å². The third-order valence-corrected chi connectivity index (χ3v) is 4.24. The highest BCUT2D eigenvalue weighted by Crippen LogP contribution is 2.34. The van der Waals surface area contributed by atoms with Crippen LogP contribution in [0, 0.1) is 5.92 Å². The zero-order chi connectivity index (χ0) is 13.7. The first-order valence-corrected chi connectivity index (χ1v) is 7.41. The fraction of sp³-hybridized carbons (Fsp3) is 0.600. The lowest BCUT2D eigenvalue weighted by molar-refractivity contribution is -0.0290. The van der Waals surface area contributed by atoms with Crippen molar-refractivity contribution in [3.05, 3.63) is 34.9 Å². The Hall–Kier alpha value is -0.610. The SMILES string of the molecule is CCOC1CC(CC(Cc2ccccc2Cl)NN)C1. The lowest BCUT2D eigenvalue weighted by Crippen LogP contribution is -2.42. The molecule has 3 nitrogen and oxygen atoms in total. The van der Waals surface area contributed by atoms with Gasteiger partial charge in [0.2, 0.25) is 0 Å². The predicted molar refractivity (Wildman–Crippen MR) is 79.0 cm³/mol. The highest BCUT2D eigenvalue weighted by atomic mass is 35.5. The molecule has 0 amide bonds. The third kappa shape index (κ3) is 4.18. The molecule has 0 bridgehead atoms. The van der Waals surface area contributed by atoms with Gasteiger partial charge in [0, 0.05) is 17.7 Å². The van der Waals surface area contributed by atoms with Crippen LogP contribution in [0.25, 0.3) is 0 Å². The van der Waals surface area contributed by atoms with Crippen molar-refractivity contribution in [2.75, 3.05) is 6.61 Å². The maximum absolute atomic E-state index is 6.19. The van der Waals surface area contributed by atoms with Crippen molar-refractivity contribution in [3.63, 3.8) is 0 Å². The van der Waals surface area contributed by atoms with Crippen LogP contribution < -0.4 is 11.3 Å². The van der Waals surface area contributed by atoms with Crippen LogP contribution in [-0.2, 0) is 11.2 Å². The third-order valence-electron chi connectivity index (χ3n) is 3.87. The normalized spacial score (nSPS) is 23.9. The van der Waals surface area contributed by atoms with Gasteiger partial charge in [0.05, 0.1) is 6.10 Å². The molecular weight excluding hydrogens is 260 g/mol. The second kappa shape index (κ2) is 7.25. The number of benzene rings is 1. The highest BCUT2D eigenvalue weighted by molar-refractivity contribution is 6.31. The Balaban J connectivity index is 1.80. The lowest BCUT2D eigenvalue weighted by atomic mass is 9.77. The van der Waals surface area contributed by atoms with Gasteiger partial charge < -0.3 is 4.74 Å². The van der Waals surface area contributed by atoms with E-state index in [1.165, 1.54) is 0 Å². The number of halogens is 1. The summed E-state index contributed by atoms with van der Waals surface area (Å²) >= 11 is 6.19. The molecule has 0 aliphatic heterocycles. The number of nitrogens with two attached hydrogens (primary N) is 1. The molecule has 0 radical (unpaired) electrons. The molecule has 1 aromatic carbocycles. The summed E-state index contributed by atoms with van der Waals surface area (Å²) in [5.74, 6) is 6.39. The van der Waals surface area contributed by atoms with Gasteiger partial charge in [0.25, 0.3) is 0 Å². The van der Waals surface area contributed by atoms with Crippen molar-refractivity contribution in [1.82, 2.24) is 5.43 Å². The van der Waals surface area contributed by atoms with E-state index in [-0.39, 0.29) is 6.04 Å². The van der Waals surface area contributed by atoms with Crippen LogP contribution in [-0.4, -0.2) is 18.8 Å². The monoisotopic (exact) mass is 282 g/mol. The van der Waals surface area contributed by atoms with Crippen LogP contribution >= 0.6 is 11.6 Å². The molecule has 1 atom stereocenters. The summed E-state index contributed by atoms with van der Waals surface area (Å²) in [7, 11) is 0. The highest BCUT2D eigenvalue weighted by Gasteiger charge is 2.31. The Bertz CT molecular complexity index is 393. The van der Waals surface area contributed by atoms with Gasteiger partial charge in [-0.05, 0) is 50.2 Å². The molecule has 0 saturated heterocycles. The molecule has 2 rings (SSSR count). The summed E-state index contributed by atoms with van der Waals surface area (Å²) in [4.78, 5) is 0. The Kier molecular flexibility index (Phi) is 5.64. The van der Waals surface area contributed by atoms with E-state index in [9.17, 15) is 0 Å². The molecule has 1 fully saturated rings. The molecule has 1 unspecified atom stereocenters. The largest absolute Gasteiger partial charge is 0.378 e. The van der Waals surface area contributed by atoms with E-state index >= 15 is 0 Å². The van der Waals surface area contributed by atoms with E-state index in [1.54, 1.807) is 0 Å². The summed E-state index contributed by atoms with van der Waals surface area (Å²) in [5.41, 5.74) is 4.08. The smallest absolute Gasteiger partial charge is 0.0580 e. The summed E-state index contributed by atoms with van der Waals surface area (Å²) in [6.45, 7) is 2.87. The standard InChI is InChI=1S/C15H23ClN2O/c1-2-19-14-8-11(9-14)7-13(18-17)10-12-5-3-4-6-15(12)16/h3-6,11,13-14,18H,2,7-10,17H2,1H3. The first-order chi connectivity index (χ1) is 9.22. The Morgan fingerprint density at radius 1 is 1.42 bits per heavy atom. The van der Waals surface area contributed by atoms with Crippen molar-refractivity contribution in [3.8, 4) is 0 Å². The lowest BCUT2D eigenvalue weighted by Gasteiger charge is -2.37. The van der Waals surface area contributed by atoms with Crippen LogP contribution in [0.2, 0.25) is 5.02 Å².